The van der Waals surface area contributed by atoms with Crippen LogP contribution >= 0.6 is 0 Å². The molecule has 0 saturated carbocycles. The molecular formula is C15H14O2. The third kappa shape index (κ3) is 2.07. The molecule has 86 valence electrons. The molecule has 2 aromatic carbocycles. The van der Waals surface area contributed by atoms with Gasteiger partial charge in [0.05, 0.1) is 0 Å². The van der Waals surface area contributed by atoms with Crippen LogP contribution in [0.15, 0.2) is 36.4 Å². The minimum atomic E-state index is 0.207. The van der Waals surface area contributed by atoms with Gasteiger partial charge in [0.1, 0.15) is 5.75 Å². The summed E-state index contributed by atoms with van der Waals surface area (Å²) in [5.74, 6) is 0.207. The van der Waals surface area contributed by atoms with Crippen LogP contribution in [0, 0.1) is 13.8 Å². The summed E-state index contributed by atoms with van der Waals surface area (Å²) in [6, 6.07) is 11.0. The summed E-state index contributed by atoms with van der Waals surface area (Å²) in [6.07, 6.45) is 0.820. The Kier molecular flexibility index (Phi) is 2.96. The molecule has 0 aromatic heterocycles. The van der Waals surface area contributed by atoms with Gasteiger partial charge < -0.3 is 5.11 Å². The third-order valence-corrected chi connectivity index (χ3v) is 2.86. The van der Waals surface area contributed by atoms with Crippen molar-refractivity contribution in [1.29, 1.82) is 0 Å². The molecule has 0 saturated heterocycles. The average molecular weight is 226 g/mol. The lowest BCUT2D eigenvalue weighted by Crippen LogP contribution is -1.91. The van der Waals surface area contributed by atoms with E-state index in [1.807, 2.05) is 32.0 Å². The Labute approximate surface area is 101 Å². The Morgan fingerprint density at radius 1 is 1.12 bits per heavy atom. The molecule has 0 atom stereocenters. The molecule has 0 bridgehead atoms. The topological polar surface area (TPSA) is 37.3 Å². The summed E-state index contributed by atoms with van der Waals surface area (Å²) in [5, 5.41) is 9.94. The van der Waals surface area contributed by atoms with E-state index in [2.05, 4.69) is 0 Å². The number of carbonyl (C=O) groups excluding carboxylic acids is 1. The highest BCUT2D eigenvalue weighted by Gasteiger charge is 2.11. The zero-order chi connectivity index (χ0) is 12.4. The molecule has 0 fully saturated rings. The van der Waals surface area contributed by atoms with Gasteiger partial charge in [0.15, 0.2) is 6.29 Å². The molecule has 17 heavy (non-hydrogen) atoms. The fourth-order valence-corrected chi connectivity index (χ4v) is 1.99. The maximum Gasteiger partial charge on any atom is 0.150 e. The first-order valence-electron chi connectivity index (χ1n) is 5.48. The van der Waals surface area contributed by atoms with E-state index in [9.17, 15) is 9.90 Å². The molecule has 0 heterocycles. The Hall–Kier alpha value is -2.09. The second-order valence-corrected chi connectivity index (χ2v) is 4.18. The Morgan fingerprint density at radius 3 is 2.53 bits per heavy atom. The smallest absolute Gasteiger partial charge is 0.150 e. The van der Waals surface area contributed by atoms with Gasteiger partial charge in [0.2, 0.25) is 0 Å². The molecular weight excluding hydrogens is 212 g/mol. The zero-order valence-corrected chi connectivity index (χ0v) is 9.90. The number of rotatable bonds is 2. The lowest BCUT2D eigenvalue weighted by Gasteiger charge is -2.11. The van der Waals surface area contributed by atoms with Gasteiger partial charge in [-0.3, -0.25) is 4.79 Å². The van der Waals surface area contributed by atoms with E-state index in [1.54, 1.807) is 18.2 Å². The summed E-state index contributed by atoms with van der Waals surface area (Å²) < 4.78 is 0. The predicted molar refractivity (Wildman–Crippen MR) is 68.4 cm³/mol. The summed E-state index contributed by atoms with van der Waals surface area (Å²) in [7, 11) is 0. The van der Waals surface area contributed by atoms with Crippen LogP contribution in [0.1, 0.15) is 21.5 Å². The first kappa shape index (κ1) is 11.4. The van der Waals surface area contributed by atoms with Crippen molar-refractivity contribution < 1.29 is 9.90 Å². The number of benzene rings is 2. The van der Waals surface area contributed by atoms with Crippen LogP contribution in [0.25, 0.3) is 11.1 Å². The fourth-order valence-electron chi connectivity index (χ4n) is 1.99. The molecule has 2 nitrogen and oxygen atoms in total. The molecule has 0 amide bonds. The molecule has 0 radical (unpaired) electrons. The maximum absolute atomic E-state index is 11.1. The molecule has 0 unspecified atom stereocenters. The number of hydrogen-bond acceptors (Lipinski definition) is 2. The minimum Gasteiger partial charge on any atom is -0.507 e. The van der Waals surface area contributed by atoms with Crippen LogP contribution in [0.5, 0.6) is 5.75 Å². The van der Waals surface area contributed by atoms with E-state index >= 15 is 0 Å². The van der Waals surface area contributed by atoms with Crippen LogP contribution in [0.4, 0.5) is 0 Å². The van der Waals surface area contributed by atoms with Crippen molar-refractivity contribution in [1.82, 2.24) is 0 Å². The molecule has 0 aliphatic rings. The zero-order valence-electron chi connectivity index (χ0n) is 9.90. The highest BCUT2D eigenvalue weighted by molar-refractivity contribution is 5.90. The molecule has 2 aromatic rings. The van der Waals surface area contributed by atoms with E-state index in [0.717, 1.165) is 28.5 Å². The largest absolute Gasteiger partial charge is 0.507 e. The SMILES string of the molecule is Cc1ccc(C=O)c(-c2c(C)cccc2O)c1. The second kappa shape index (κ2) is 4.42. The second-order valence-electron chi connectivity index (χ2n) is 4.18. The van der Waals surface area contributed by atoms with Gasteiger partial charge in [-0.25, -0.2) is 0 Å². The first-order chi connectivity index (χ1) is 8.13. The summed E-state index contributed by atoms with van der Waals surface area (Å²) in [6.45, 7) is 3.89. The number of phenolic OH excluding ortho intramolecular Hbond substituents is 1. The average Bonchev–Trinajstić information content (AvgIpc) is 2.29. The van der Waals surface area contributed by atoms with Gasteiger partial charge in [-0.15, -0.1) is 0 Å². The van der Waals surface area contributed by atoms with Crippen molar-refractivity contribution in [3.63, 3.8) is 0 Å². The fraction of sp³-hybridized carbons (Fsp3) is 0.133. The van der Waals surface area contributed by atoms with E-state index < -0.39 is 0 Å². The molecule has 1 N–H and O–H groups in total. The summed E-state index contributed by atoms with van der Waals surface area (Å²) >= 11 is 0. The Morgan fingerprint density at radius 2 is 1.88 bits per heavy atom. The van der Waals surface area contributed by atoms with Gasteiger partial charge in [0.25, 0.3) is 0 Å². The van der Waals surface area contributed by atoms with Crippen molar-refractivity contribution in [2.24, 2.45) is 0 Å². The number of aromatic hydroxyl groups is 1. The van der Waals surface area contributed by atoms with E-state index in [-0.39, 0.29) is 5.75 Å². The van der Waals surface area contributed by atoms with Crippen molar-refractivity contribution in [3.05, 3.63) is 53.1 Å². The number of hydrogen-bond donors (Lipinski definition) is 1. The van der Waals surface area contributed by atoms with Gasteiger partial charge in [0, 0.05) is 11.1 Å². The number of aldehydes is 1. The van der Waals surface area contributed by atoms with E-state index in [0.29, 0.717) is 5.56 Å². The first-order valence-corrected chi connectivity index (χ1v) is 5.48. The monoisotopic (exact) mass is 226 g/mol. The third-order valence-electron chi connectivity index (χ3n) is 2.86. The van der Waals surface area contributed by atoms with Crippen LogP contribution in [0.2, 0.25) is 0 Å². The molecule has 0 spiro atoms. The molecule has 2 rings (SSSR count). The normalized spacial score (nSPS) is 10.2. The Bertz CT molecular complexity index is 551. The van der Waals surface area contributed by atoms with Gasteiger partial charge >= 0.3 is 0 Å². The van der Waals surface area contributed by atoms with Crippen molar-refractivity contribution >= 4 is 6.29 Å². The predicted octanol–water partition coefficient (Wildman–Crippen LogP) is 3.49. The highest BCUT2D eigenvalue weighted by Crippen LogP contribution is 2.34. The lowest BCUT2D eigenvalue weighted by molar-refractivity contribution is 0.112. The van der Waals surface area contributed by atoms with Gasteiger partial charge in [-0.2, -0.15) is 0 Å². The summed E-state index contributed by atoms with van der Waals surface area (Å²) in [4.78, 5) is 11.1. The van der Waals surface area contributed by atoms with Crippen LogP contribution in [-0.2, 0) is 0 Å². The number of aryl methyl sites for hydroxylation is 2. The molecule has 0 aliphatic carbocycles. The van der Waals surface area contributed by atoms with Crippen LogP contribution in [0.3, 0.4) is 0 Å². The van der Waals surface area contributed by atoms with Gasteiger partial charge in [-0.1, -0.05) is 35.9 Å². The maximum atomic E-state index is 11.1. The quantitative estimate of drug-likeness (QED) is 0.796. The van der Waals surface area contributed by atoms with E-state index in [1.165, 1.54) is 0 Å². The van der Waals surface area contributed by atoms with E-state index in [4.69, 9.17) is 0 Å². The number of phenols is 1. The van der Waals surface area contributed by atoms with Crippen molar-refractivity contribution in [3.8, 4) is 16.9 Å². The number of carbonyl (C=O) groups is 1. The van der Waals surface area contributed by atoms with Crippen molar-refractivity contribution in [2.75, 3.05) is 0 Å². The standard InChI is InChI=1S/C15H14O2/c1-10-6-7-12(9-16)13(8-10)15-11(2)4-3-5-14(15)17/h3-9,17H,1-2H3. The highest BCUT2D eigenvalue weighted by atomic mass is 16.3. The lowest BCUT2D eigenvalue weighted by atomic mass is 9.94. The Balaban J connectivity index is 2.75. The summed E-state index contributed by atoms with van der Waals surface area (Å²) in [5.41, 5.74) is 4.14. The van der Waals surface area contributed by atoms with Gasteiger partial charge in [-0.05, 0) is 31.0 Å². The van der Waals surface area contributed by atoms with Crippen LogP contribution in [-0.4, -0.2) is 11.4 Å². The molecule has 2 heteroatoms. The van der Waals surface area contributed by atoms with Crippen LogP contribution < -0.4 is 0 Å². The molecule has 0 aliphatic heterocycles. The minimum absolute atomic E-state index is 0.207. The van der Waals surface area contributed by atoms with Crippen molar-refractivity contribution in [2.45, 2.75) is 13.8 Å².